The number of aliphatic hydroxyl groups is 1. The minimum atomic E-state index is -0.441. The summed E-state index contributed by atoms with van der Waals surface area (Å²) >= 11 is 0. The van der Waals surface area contributed by atoms with Gasteiger partial charge in [-0.25, -0.2) is 4.79 Å². The third kappa shape index (κ3) is 4.15. The summed E-state index contributed by atoms with van der Waals surface area (Å²) in [4.78, 5) is 16.4. The molecule has 0 aliphatic heterocycles. The van der Waals surface area contributed by atoms with Crippen molar-refractivity contribution in [1.29, 1.82) is 0 Å². The molecular formula is C24H24N2O3. The Kier molecular flexibility index (Phi) is 5.86. The molecule has 2 N–H and O–H groups in total. The number of carbonyl (C=O) groups excluding carboxylic acids is 1. The van der Waals surface area contributed by atoms with Crippen LogP contribution in [-0.4, -0.2) is 35.9 Å². The van der Waals surface area contributed by atoms with E-state index in [-0.39, 0.29) is 18.4 Å². The Hall–Kier alpha value is -3.18. The van der Waals surface area contributed by atoms with E-state index in [2.05, 4.69) is 34.6 Å². The highest BCUT2D eigenvalue weighted by Crippen LogP contribution is 2.44. The van der Waals surface area contributed by atoms with E-state index in [1.54, 1.807) is 12.4 Å². The van der Waals surface area contributed by atoms with Crippen molar-refractivity contribution < 1.29 is 14.6 Å². The molecule has 0 bridgehead atoms. The van der Waals surface area contributed by atoms with Gasteiger partial charge in [0.25, 0.3) is 0 Å². The summed E-state index contributed by atoms with van der Waals surface area (Å²) in [6, 6.07) is 20.3. The number of nitrogens with zero attached hydrogens (tertiary/aromatic N) is 1. The fourth-order valence-corrected chi connectivity index (χ4v) is 4.03. The van der Waals surface area contributed by atoms with Gasteiger partial charge in [-0.1, -0.05) is 48.5 Å². The summed E-state index contributed by atoms with van der Waals surface area (Å²) in [6.07, 6.45) is 3.55. The average molecular weight is 388 g/mol. The number of nitrogens with one attached hydrogen (secondary N) is 1. The lowest BCUT2D eigenvalue weighted by atomic mass is 9.97. The Morgan fingerprint density at radius 2 is 1.62 bits per heavy atom. The number of hydrogen-bond acceptors (Lipinski definition) is 4. The maximum Gasteiger partial charge on any atom is 0.407 e. The lowest BCUT2D eigenvalue weighted by Gasteiger charge is -2.18. The van der Waals surface area contributed by atoms with E-state index in [1.807, 2.05) is 36.4 Å². The van der Waals surface area contributed by atoms with Gasteiger partial charge in [-0.05, 0) is 46.4 Å². The fourth-order valence-electron chi connectivity index (χ4n) is 4.03. The Bertz CT molecular complexity index is 929. The SMILES string of the molecule is O=C(NCC(CCO)c1ccncc1)OCC1c2ccccc2-c2ccccc21. The summed E-state index contributed by atoms with van der Waals surface area (Å²) in [6.45, 7) is 0.750. The van der Waals surface area contributed by atoms with Crippen LogP contribution in [-0.2, 0) is 4.74 Å². The van der Waals surface area contributed by atoms with E-state index >= 15 is 0 Å². The molecule has 1 aliphatic carbocycles. The lowest BCUT2D eigenvalue weighted by Crippen LogP contribution is -2.30. The fraction of sp³-hybridized carbons (Fsp3) is 0.250. The molecule has 29 heavy (non-hydrogen) atoms. The Morgan fingerprint density at radius 3 is 2.24 bits per heavy atom. The van der Waals surface area contributed by atoms with Gasteiger partial charge in [-0.2, -0.15) is 0 Å². The highest BCUT2D eigenvalue weighted by atomic mass is 16.5. The Labute approximate surface area is 170 Å². The monoisotopic (exact) mass is 388 g/mol. The molecule has 1 aromatic heterocycles. The number of aliphatic hydroxyl groups excluding tert-OH is 1. The molecule has 5 nitrogen and oxygen atoms in total. The molecule has 4 rings (SSSR count). The van der Waals surface area contributed by atoms with E-state index in [1.165, 1.54) is 22.3 Å². The van der Waals surface area contributed by atoms with Crippen molar-refractivity contribution in [2.45, 2.75) is 18.3 Å². The lowest BCUT2D eigenvalue weighted by molar-refractivity contribution is 0.142. The van der Waals surface area contributed by atoms with E-state index < -0.39 is 6.09 Å². The van der Waals surface area contributed by atoms with Gasteiger partial charge >= 0.3 is 6.09 Å². The number of hydrogen-bond donors (Lipinski definition) is 2. The smallest absolute Gasteiger partial charge is 0.407 e. The molecular weight excluding hydrogens is 364 g/mol. The maximum atomic E-state index is 12.4. The topological polar surface area (TPSA) is 71.5 Å². The molecule has 1 heterocycles. The van der Waals surface area contributed by atoms with E-state index in [0.29, 0.717) is 19.6 Å². The van der Waals surface area contributed by atoms with Gasteiger partial charge in [0.2, 0.25) is 0 Å². The Balaban J connectivity index is 1.39. The Morgan fingerprint density at radius 1 is 1.00 bits per heavy atom. The molecule has 0 radical (unpaired) electrons. The molecule has 0 saturated heterocycles. The first kappa shape index (κ1) is 19.2. The molecule has 1 amide bonds. The van der Waals surface area contributed by atoms with Crippen LogP contribution < -0.4 is 5.32 Å². The second-order valence-corrected chi connectivity index (χ2v) is 7.20. The van der Waals surface area contributed by atoms with Gasteiger partial charge in [0.15, 0.2) is 0 Å². The van der Waals surface area contributed by atoms with Crippen molar-refractivity contribution in [3.05, 3.63) is 89.7 Å². The van der Waals surface area contributed by atoms with Crippen LogP contribution in [0, 0.1) is 0 Å². The minimum Gasteiger partial charge on any atom is -0.449 e. The number of aromatic nitrogens is 1. The first-order chi connectivity index (χ1) is 14.3. The summed E-state index contributed by atoms with van der Waals surface area (Å²) < 4.78 is 5.58. The first-order valence-corrected chi connectivity index (χ1v) is 9.87. The minimum absolute atomic E-state index is 0.0171. The highest BCUT2D eigenvalue weighted by molar-refractivity contribution is 5.79. The van der Waals surface area contributed by atoms with Crippen LogP contribution in [0.4, 0.5) is 4.79 Å². The van der Waals surface area contributed by atoms with Crippen LogP contribution in [0.15, 0.2) is 73.1 Å². The predicted octanol–water partition coefficient (Wildman–Crippen LogP) is 4.09. The van der Waals surface area contributed by atoms with Gasteiger partial charge in [-0.15, -0.1) is 0 Å². The predicted molar refractivity (Wildman–Crippen MR) is 112 cm³/mol. The van der Waals surface area contributed by atoms with Gasteiger partial charge in [0.1, 0.15) is 6.61 Å². The normalized spacial score (nSPS) is 13.4. The molecule has 148 valence electrons. The molecule has 5 heteroatoms. The largest absolute Gasteiger partial charge is 0.449 e. The van der Waals surface area contributed by atoms with Crippen LogP contribution in [0.5, 0.6) is 0 Å². The molecule has 0 saturated carbocycles. The number of fused-ring (bicyclic) bond motifs is 3. The molecule has 1 aliphatic rings. The number of ether oxygens (including phenoxy) is 1. The van der Waals surface area contributed by atoms with Gasteiger partial charge in [0.05, 0.1) is 0 Å². The van der Waals surface area contributed by atoms with Crippen molar-refractivity contribution in [3.63, 3.8) is 0 Å². The zero-order valence-electron chi connectivity index (χ0n) is 16.1. The zero-order chi connectivity index (χ0) is 20.1. The van der Waals surface area contributed by atoms with Crippen molar-refractivity contribution in [3.8, 4) is 11.1 Å². The number of alkyl carbamates (subject to hydrolysis) is 1. The third-order valence-electron chi connectivity index (χ3n) is 5.49. The summed E-state index contributed by atoms with van der Waals surface area (Å²) in [5.41, 5.74) is 5.83. The van der Waals surface area contributed by atoms with E-state index in [4.69, 9.17) is 4.74 Å². The van der Waals surface area contributed by atoms with Crippen molar-refractivity contribution in [2.75, 3.05) is 19.8 Å². The molecule has 3 aromatic rings. The molecule has 1 atom stereocenters. The van der Waals surface area contributed by atoms with Crippen molar-refractivity contribution >= 4 is 6.09 Å². The summed E-state index contributed by atoms with van der Waals surface area (Å²) in [5, 5.41) is 12.2. The second-order valence-electron chi connectivity index (χ2n) is 7.20. The van der Waals surface area contributed by atoms with Crippen molar-refractivity contribution in [1.82, 2.24) is 10.3 Å². The average Bonchev–Trinajstić information content (AvgIpc) is 3.09. The van der Waals surface area contributed by atoms with Crippen molar-refractivity contribution in [2.24, 2.45) is 0 Å². The zero-order valence-corrected chi connectivity index (χ0v) is 16.1. The van der Waals surface area contributed by atoms with Crippen LogP contribution in [0.2, 0.25) is 0 Å². The van der Waals surface area contributed by atoms with E-state index in [9.17, 15) is 9.90 Å². The van der Waals surface area contributed by atoms with Crippen LogP contribution in [0.1, 0.15) is 34.9 Å². The number of benzene rings is 2. The number of carbonyl (C=O) groups is 1. The van der Waals surface area contributed by atoms with Gasteiger partial charge < -0.3 is 15.2 Å². The van der Waals surface area contributed by atoms with Crippen LogP contribution in [0.25, 0.3) is 11.1 Å². The first-order valence-electron chi connectivity index (χ1n) is 9.87. The number of pyridine rings is 1. The van der Waals surface area contributed by atoms with Crippen LogP contribution in [0.3, 0.4) is 0 Å². The van der Waals surface area contributed by atoms with E-state index in [0.717, 1.165) is 5.56 Å². The maximum absolute atomic E-state index is 12.4. The summed E-state index contributed by atoms with van der Waals surface area (Å²) in [7, 11) is 0. The molecule has 0 fully saturated rings. The van der Waals surface area contributed by atoms with Gasteiger partial charge in [-0.3, -0.25) is 4.98 Å². The second kappa shape index (κ2) is 8.88. The van der Waals surface area contributed by atoms with Crippen LogP contribution >= 0.6 is 0 Å². The standard InChI is InChI=1S/C24H24N2O3/c27-14-11-18(17-9-12-25-13-10-17)15-26-24(28)29-16-23-21-7-3-1-5-19(21)20-6-2-4-8-22(20)23/h1-10,12-13,18,23,27H,11,14-16H2,(H,26,28). The highest BCUT2D eigenvalue weighted by Gasteiger charge is 2.29. The number of amides is 1. The third-order valence-corrected chi connectivity index (χ3v) is 5.49. The summed E-state index contributed by atoms with van der Waals surface area (Å²) in [5.74, 6) is 0.0602. The molecule has 1 unspecified atom stereocenters. The molecule has 2 aromatic carbocycles. The number of rotatable bonds is 7. The van der Waals surface area contributed by atoms with Gasteiger partial charge in [0, 0.05) is 37.4 Å². The molecule has 0 spiro atoms. The quantitative estimate of drug-likeness (QED) is 0.640.